The fourth-order valence-electron chi connectivity index (χ4n) is 3.34. The number of rotatable bonds is 7. The maximum Gasteiger partial charge on any atom is 0.319 e. The van der Waals surface area contributed by atoms with Gasteiger partial charge in [0.1, 0.15) is 18.8 Å². The van der Waals surface area contributed by atoms with Crippen molar-refractivity contribution < 1.29 is 47.7 Å². The maximum atomic E-state index is 12.8. The monoisotopic (exact) mass is 480 g/mol. The van der Waals surface area contributed by atoms with Gasteiger partial charge >= 0.3 is 29.9 Å². The molecule has 1 heterocycles. The molecule has 0 aliphatic carbocycles. The molecule has 1 aliphatic heterocycles. The van der Waals surface area contributed by atoms with Crippen molar-refractivity contribution in [2.24, 2.45) is 0 Å². The third-order valence-corrected chi connectivity index (χ3v) is 4.67. The molecule has 1 fully saturated rings. The first kappa shape index (κ1) is 26.6. The van der Waals surface area contributed by atoms with Crippen molar-refractivity contribution in [1.82, 2.24) is 5.32 Å². The molecule has 1 saturated heterocycles. The summed E-state index contributed by atoms with van der Waals surface area (Å²) in [6, 6.07) is 4.99. The van der Waals surface area contributed by atoms with Crippen LogP contribution in [0.5, 0.6) is 0 Å². The third-order valence-electron chi connectivity index (χ3n) is 4.67. The van der Waals surface area contributed by atoms with E-state index in [0.717, 1.165) is 33.3 Å². The van der Waals surface area contributed by atoms with Gasteiger partial charge in [-0.15, -0.1) is 0 Å². The van der Waals surface area contributed by atoms with Gasteiger partial charge in [0.25, 0.3) is 0 Å². The number of hydrogen-bond acceptors (Lipinski definition) is 10. The zero-order valence-electron chi connectivity index (χ0n) is 19.5. The summed E-state index contributed by atoms with van der Waals surface area (Å²) in [4.78, 5) is 59.5. The van der Waals surface area contributed by atoms with Crippen LogP contribution in [0, 0.1) is 6.92 Å². The standard InChI is InChI=1S/C22H28N2O10/c1-11-8-6-7-9-16(11)23-22(29)24-18-20(32-14(4)27)19(31-13(3)26)17(10-30-12(2)25)34-21(18)33-15(5)28/h6-9,17-21H,10H2,1-5H3,(H2,23,24,29)/t17-,18-,19-,20-,21-/m1/s1. The summed E-state index contributed by atoms with van der Waals surface area (Å²) in [7, 11) is 0. The Morgan fingerprint density at radius 2 is 1.44 bits per heavy atom. The van der Waals surface area contributed by atoms with Crippen LogP contribution in [0.2, 0.25) is 0 Å². The molecule has 1 aliphatic rings. The number of hydrogen-bond donors (Lipinski definition) is 2. The number of urea groups is 1. The molecule has 0 radical (unpaired) electrons. The molecule has 2 N–H and O–H groups in total. The van der Waals surface area contributed by atoms with Gasteiger partial charge in [-0.25, -0.2) is 4.79 Å². The van der Waals surface area contributed by atoms with Gasteiger partial charge in [-0.2, -0.15) is 0 Å². The third kappa shape index (κ3) is 7.73. The Morgan fingerprint density at radius 1 is 0.853 bits per heavy atom. The van der Waals surface area contributed by atoms with Crippen LogP contribution in [0.3, 0.4) is 0 Å². The largest absolute Gasteiger partial charge is 0.463 e. The van der Waals surface area contributed by atoms with Crippen LogP contribution in [-0.4, -0.2) is 67.2 Å². The second kappa shape index (κ2) is 12.0. The summed E-state index contributed by atoms with van der Waals surface area (Å²) < 4.78 is 26.6. The van der Waals surface area contributed by atoms with Gasteiger partial charge in [0.05, 0.1) is 0 Å². The lowest BCUT2D eigenvalue weighted by Gasteiger charge is -2.44. The topological polar surface area (TPSA) is 156 Å². The molecule has 0 saturated carbocycles. The van der Waals surface area contributed by atoms with E-state index in [0.29, 0.717) is 5.69 Å². The number of carbonyl (C=O) groups excluding carboxylic acids is 5. The quantitative estimate of drug-likeness (QED) is 0.429. The molecule has 0 unspecified atom stereocenters. The van der Waals surface area contributed by atoms with Crippen molar-refractivity contribution in [3.05, 3.63) is 29.8 Å². The van der Waals surface area contributed by atoms with E-state index in [9.17, 15) is 24.0 Å². The summed E-state index contributed by atoms with van der Waals surface area (Å²) in [6.07, 6.45) is -5.27. The molecule has 12 heteroatoms. The van der Waals surface area contributed by atoms with Crippen molar-refractivity contribution in [2.45, 2.75) is 65.3 Å². The van der Waals surface area contributed by atoms with Crippen LogP contribution in [0.15, 0.2) is 24.3 Å². The molecule has 2 amide bonds. The molecule has 0 bridgehead atoms. The minimum Gasteiger partial charge on any atom is -0.463 e. The average Bonchev–Trinajstić information content (AvgIpc) is 2.71. The average molecular weight is 480 g/mol. The van der Waals surface area contributed by atoms with Crippen LogP contribution >= 0.6 is 0 Å². The summed E-state index contributed by atoms with van der Waals surface area (Å²) in [5, 5.41) is 5.21. The lowest BCUT2D eigenvalue weighted by molar-refractivity contribution is -0.270. The van der Waals surface area contributed by atoms with E-state index in [2.05, 4.69) is 10.6 Å². The Morgan fingerprint density at radius 3 is 2.00 bits per heavy atom. The summed E-state index contributed by atoms with van der Waals surface area (Å²) >= 11 is 0. The van der Waals surface area contributed by atoms with Gasteiger partial charge in [0.15, 0.2) is 12.2 Å². The Bertz CT molecular complexity index is 934. The fraction of sp³-hybridized carbons (Fsp3) is 0.500. The van der Waals surface area contributed by atoms with Crippen molar-refractivity contribution in [3.8, 4) is 0 Å². The number of carbonyl (C=O) groups is 5. The summed E-state index contributed by atoms with van der Waals surface area (Å²) in [6.45, 7) is 5.92. The molecule has 12 nitrogen and oxygen atoms in total. The zero-order chi connectivity index (χ0) is 25.4. The van der Waals surface area contributed by atoms with Gasteiger partial charge in [-0.1, -0.05) is 18.2 Å². The van der Waals surface area contributed by atoms with Crippen LogP contribution in [0.4, 0.5) is 10.5 Å². The summed E-state index contributed by atoms with van der Waals surface area (Å²) in [5.74, 6) is -2.90. The number of nitrogens with one attached hydrogen (secondary N) is 2. The highest BCUT2D eigenvalue weighted by atomic mass is 16.7. The highest BCUT2D eigenvalue weighted by molar-refractivity contribution is 5.90. The minimum absolute atomic E-state index is 0.398. The molecule has 186 valence electrons. The normalized spacial score (nSPS) is 23.7. The highest BCUT2D eigenvalue weighted by Gasteiger charge is 2.52. The lowest BCUT2D eigenvalue weighted by atomic mass is 9.96. The van der Waals surface area contributed by atoms with Gasteiger partial charge in [0.2, 0.25) is 6.29 Å². The zero-order valence-corrected chi connectivity index (χ0v) is 19.5. The van der Waals surface area contributed by atoms with E-state index < -0.39 is 67.2 Å². The fourth-order valence-corrected chi connectivity index (χ4v) is 3.34. The Kier molecular flexibility index (Phi) is 9.36. The summed E-state index contributed by atoms with van der Waals surface area (Å²) in [5.41, 5.74) is 1.29. The van der Waals surface area contributed by atoms with Gasteiger partial charge in [-0.3, -0.25) is 19.2 Å². The first-order valence-corrected chi connectivity index (χ1v) is 10.4. The van der Waals surface area contributed by atoms with E-state index in [1.807, 2.05) is 0 Å². The highest BCUT2D eigenvalue weighted by Crippen LogP contribution is 2.28. The minimum atomic E-state index is -1.46. The molecule has 0 aromatic heterocycles. The van der Waals surface area contributed by atoms with Crippen LogP contribution in [-0.2, 0) is 42.9 Å². The van der Waals surface area contributed by atoms with E-state index in [1.165, 1.54) is 0 Å². The van der Waals surface area contributed by atoms with Crippen LogP contribution in [0.1, 0.15) is 33.3 Å². The molecule has 34 heavy (non-hydrogen) atoms. The van der Waals surface area contributed by atoms with E-state index in [1.54, 1.807) is 31.2 Å². The van der Waals surface area contributed by atoms with Crippen molar-refractivity contribution in [1.29, 1.82) is 0 Å². The number of benzene rings is 1. The number of anilines is 1. The number of amides is 2. The predicted molar refractivity (Wildman–Crippen MR) is 115 cm³/mol. The first-order chi connectivity index (χ1) is 16.0. The smallest absolute Gasteiger partial charge is 0.319 e. The second-order valence-electron chi connectivity index (χ2n) is 7.54. The van der Waals surface area contributed by atoms with Crippen LogP contribution in [0.25, 0.3) is 0 Å². The molecular weight excluding hydrogens is 452 g/mol. The SMILES string of the molecule is CC(=O)OC[C@H]1O[C@@H](OC(C)=O)[C@H](NC(=O)Nc2ccccc2C)[C@@H](OC(C)=O)[C@@H]1OC(C)=O. The first-order valence-electron chi connectivity index (χ1n) is 10.4. The lowest BCUT2D eigenvalue weighted by Crippen LogP contribution is -2.67. The van der Waals surface area contributed by atoms with Gasteiger partial charge in [0, 0.05) is 33.4 Å². The van der Waals surface area contributed by atoms with Gasteiger partial charge in [-0.05, 0) is 18.6 Å². The molecule has 2 rings (SSSR count). The molecule has 1 aromatic carbocycles. The van der Waals surface area contributed by atoms with E-state index in [-0.39, 0.29) is 0 Å². The number of esters is 4. The Hall–Kier alpha value is -3.67. The van der Waals surface area contributed by atoms with E-state index in [4.69, 9.17) is 23.7 Å². The Balaban J connectivity index is 2.39. The molecule has 0 spiro atoms. The van der Waals surface area contributed by atoms with Crippen molar-refractivity contribution in [3.63, 3.8) is 0 Å². The van der Waals surface area contributed by atoms with Gasteiger partial charge < -0.3 is 34.3 Å². The number of para-hydroxylation sites is 1. The number of aryl methyl sites for hydroxylation is 1. The number of ether oxygens (including phenoxy) is 5. The molecule has 5 atom stereocenters. The van der Waals surface area contributed by atoms with Crippen molar-refractivity contribution in [2.75, 3.05) is 11.9 Å². The van der Waals surface area contributed by atoms with Crippen LogP contribution < -0.4 is 10.6 Å². The second-order valence-corrected chi connectivity index (χ2v) is 7.54. The predicted octanol–water partition coefficient (Wildman–Crippen LogP) is 1.20. The van der Waals surface area contributed by atoms with Crippen molar-refractivity contribution >= 4 is 35.6 Å². The molecule has 1 aromatic rings. The molecular formula is C22H28N2O10. The Labute approximate surface area is 196 Å². The van der Waals surface area contributed by atoms with E-state index >= 15 is 0 Å². The maximum absolute atomic E-state index is 12.8.